The Kier molecular flexibility index (Phi) is 4.90. The lowest BCUT2D eigenvalue weighted by molar-refractivity contribution is -0.117. The zero-order valence-electron chi connectivity index (χ0n) is 14.8. The van der Waals surface area contributed by atoms with Crippen LogP contribution in [0, 0.1) is 12.7 Å². The van der Waals surface area contributed by atoms with Crippen molar-refractivity contribution in [2.24, 2.45) is 0 Å². The SMILES string of the molecule is Cc1ccccc1-c1nnn(CC(=O)Nc2nc(-c3ccc(F)cc3)cs2)n1. The second-order valence-electron chi connectivity index (χ2n) is 6.05. The van der Waals surface area contributed by atoms with E-state index in [1.165, 1.54) is 28.3 Å². The van der Waals surface area contributed by atoms with Crippen LogP contribution < -0.4 is 5.32 Å². The molecule has 0 atom stereocenters. The largest absolute Gasteiger partial charge is 0.300 e. The fourth-order valence-electron chi connectivity index (χ4n) is 2.61. The van der Waals surface area contributed by atoms with E-state index in [1.807, 2.05) is 31.2 Å². The normalized spacial score (nSPS) is 10.8. The van der Waals surface area contributed by atoms with Gasteiger partial charge >= 0.3 is 0 Å². The third kappa shape index (κ3) is 3.94. The molecule has 0 fully saturated rings. The van der Waals surface area contributed by atoms with Crippen LogP contribution in [0.25, 0.3) is 22.6 Å². The minimum Gasteiger partial charge on any atom is -0.300 e. The van der Waals surface area contributed by atoms with Crippen LogP contribution in [0.1, 0.15) is 5.56 Å². The summed E-state index contributed by atoms with van der Waals surface area (Å²) in [6.07, 6.45) is 0. The molecule has 0 aliphatic carbocycles. The highest BCUT2D eigenvalue weighted by atomic mass is 32.1. The van der Waals surface area contributed by atoms with Crippen LogP contribution in [0.4, 0.5) is 9.52 Å². The number of carbonyl (C=O) groups excluding carboxylic acids is 1. The third-order valence-corrected chi connectivity index (χ3v) is 4.77. The molecule has 0 unspecified atom stereocenters. The molecule has 0 aliphatic rings. The average molecular weight is 394 g/mol. The zero-order valence-corrected chi connectivity index (χ0v) is 15.7. The second-order valence-corrected chi connectivity index (χ2v) is 6.91. The number of thiazole rings is 1. The first-order valence-electron chi connectivity index (χ1n) is 8.43. The van der Waals surface area contributed by atoms with E-state index < -0.39 is 0 Å². The number of halogens is 1. The summed E-state index contributed by atoms with van der Waals surface area (Å²) in [5.74, 6) is -0.148. The lowest BCUT2D eigenvalue weighted by Gasteiger charge is -2.01. The molecule has 1 amide bonds. The summed E-state index contributed by atoms with van der Waals surface area (Å²) < 4.78 is 13.0. The molecule has 7 nitrogen and oxygen atoms in total. The number of nitrogens with zero attached hydrogens (tertiary/aromatic N) is 5. The highest BCUT2D eigenvalue weighted by Gasteiger charge is 2.12. The molecule has 4 rings (SSSR count). The molecule has 28 heavy (non-hydrogen) atoms. The summed E-state index contributed by atoms with van der Waals surface area (Å²) in [5.41, 5.74) is 3.35. The number of aryl methyl sites for hydroxylation is 1. The second kappa shape index (κ2) is 7.65. The Morgan fingerprint density at radius 1 is 1.18 bits per heavy atom. The molecule has 2 heterocycles. The summed E-state index contributed by atoms with van der Waals surface area (Å²) >= 11 is 1.29. The standard InChI is InChI=1S/C19H15FN6OS/c1-12-4-2-3-5-15(12)18-23-25-26(24-18)10-17(27)22-19-21-16(11-28-19)13-6-8-14(20)9-7-13/h2-9,11H,10H2,1H3,(H,21,22,27). The number of tetrazole rings is 1. The quantitative estimate of drug-likeness (QED) is 0.559. The van der Waals surface area contributed by atoms with Gasteiger partial charge in [-0.15, -0.1) is 21.5 Å². The first kappa shape index (κ1) is 17.9. The van der Waals surface area contributed by atoms with Gasteiger partial charge in [0.15, 0.2) is 5.13 Å². The molecule has 9 heteroatoms. The fourth-order valence-corrected chi connectivity index (χ4v) is 3.35. The first-order chi connectivity index (χ1) is 13.6. The number of aromatic nitrogens is 5. The predicted molar refractivity (Wildman–Crippen MR) is 104 cm³/mol. The van der Waals surface area contributed by atoms with Gasteiger partial charge in [0.1, 0.15) is 12.4 Å². The highest BCUT2D eigenvalue weighted by molar-refractivity contribution is 7.14. The predicted octanol–water partition coefficient (Wildman–Crippen LogP) is 3.55. The van der Waals surface area contributed by atoms with Gasteiger partial charge in [0.25, 0.3) is 0 Å². The minimum absolute atomic E-state index is 0.0790. The topological polar surface area (TPSA) is 85.6 Å². The molecule has 0 radical (unpaired) electrons. The number of nitrogens with one attached hydrogen (secondary N) is 1. The molecule has 2 aromatic carbocycles. The maximum Gasteiger partial charge on any atom is 0.249 e. The van der Waals surface area contributed by atoms with Crippen LogP contribution in [-0.2, 0) is 11.3 Å². The van der Waals surface area contributed by atoms with Crippen LogP contribution in [0.3, 0.4) is 0 Å². The van der Waals surface area contributed by atoms with E-state index in [0.717, 1.165) is 16.7 Å². The van der Waals surface area contributed by atoms with Crippen LogP contribution >= 0.6 is 11.3 Å². The van der Waals surface area contributed by atoms with E-state index >= 15 is 0 Å². The van der Waals surface area contributed by atoms with Gasteiger partial charge in [-0.05, 0) is 42.0 Å². The van der Waals surface area contributed by atoms with Crippen molar-refractivity contribution in [1.29, 1.82) is 0 Å². The van der Waals surface area contributed by atoms with E-state index in [-0.39, 0.29) is 18.3 Å². The summed E-state index contributed by atoms with van der Waals surface area (Å²) in [4.78, 5) is 17.9. The Labute approximate surface area is 163 Å². The summed E-state index contributed by atoms with van der Waals surface area (Å²) in [5, 5.41) is 17.2. The van der Waals surface area contributed by atoms with Crippen molar-refractivity contribution in [3.63, 3.8) is 0 Å². The van der Waals surface area contributed by atoms with E-state index in [4.69, 9.17) is 0 Å². The van der Waals surface area contributed by atoms with Gasteiger partial charge in [-0.3, -0.25) is 4.79 Å². The maximum absolute atomic E-state index is 13.0. The number of amides is 1. The number of hydrogen-bond donors (Lipinski definition) is 1. The lowest BCUT2D eigenvalue weighted by Crippen LogP contribution is -2.20. The van der Waals surface area contributed by atoms with Crippen molar-refractivity contribution >= 4 is 22.4 Å². The number of hydrogen-bond acceptors (Lipinski definition) is 6. The summed E-state index contributed by atoms with van der Waals surface area (Å²) in [7, 11) is 0. The molecular weight excluding hydrogens is 379 g/mol. The van der Waals surface area contributed by atoms with Crippen molar-refractivity contribution in [2.75, 3.05) is 5.32 Å². The minimum atomic E-state index is -0.311. The van der Waals surface area contributed by atoms with Gasteiger partial charge in [0, 0.05) is 16.5 Å². The molecular formula is C19H15FN6OS. The molecule has 2 aromatic heterocycles. The van der Waals surface area contributed by atoms with Gasteiger partial charge in [0.05, 0.1) is 5.69 Å². The van der Waals surface area contributed by atoms with Gasteiger partial charge in [-0.25, -0.2) is 9.37 Å². The molecule has 0 spiro atoms. The van der Waals surface area contributed by atoms with E-state index in [9.17, 15) is 9.18 Å². The van der Waals surface area contributed by atoms with Crippen LogP contribution in [0.15, 0.2) is 53.9 Å². The van der Waals surface area contributed by atoms with Crippen molar-refractivity contribution in [3.8, 4) is 22.6 Å². The van der Waals surface area contributed by atoms with Crippen LogP contribution in [0.5, 0.6) is 0 Å². The summed E-state index contributed by atoms with van der Waals surface area (Å²) in [6.45, 7) is 1.88. The van der Waals surface area contributed by atoms with Crippen molar-refractivity contribution < 1.29 is 9.18 Å². The monoisotopic (exact) mass is 394 g/mol. The van der Waals surface area contributed by atoms with Crippen molar-refractivity contribution in [3.05, 3.63) is 65.3 Å². The molecule has 1 N–H and O–H groups in total. The Balaban J connectivity index is 1.41. The van der Waals surface area contributed by atoms with E-state index in [2.05, 4.69) is 25.7 Å². The average Bonchev–Trinajstić information content (AvgIpc) is 3.32. The number of carbonyl (C=O) groups is 1. The molecule has 0 aliphatic heterocycles. The first-order valence-corrected chi connectivity index (χ1v) is 9.31. The third-order valence-electron chi connectivity index (χ3n) is 4.01. The van der Waals surface area contributed by atoms with E-state index in [0.29, 0.717) is 16.6 Å². The van der Waals surface area contributed by atoms with Gasteiger partial charge in [-0.1, -0.05) is 24.3 Å². The molecule has 0 bridgehead atoms. The Hall–Kier alpha value is -3.46. The number of rotatable bonds is 5. The van der Waals surface area contributed by atoms with Gasteiger partial charge < -0.3 is 5.32 Å². The smallest absolute Gasteiger partial charge is 0.249 e. The van der Waals surface area contributed by atoms with Gasteiger partial charge in [-0.2, -0.15) is 4.80 Å². The lowest BCUT2D eigenvalue weighted by atomic mass is 10.1. The maximum atomic E-state index is 13.0. The number of anilines is 1. The Morgan fingerprint density at radius 3 is 2.75 bits per heavy atom. The van der Waals surface area contributed by atoms with Crippen molar-refractivity contribution in [1.82, 2.24) is 25.2 Å². The van der Waals surface area contributed by atoms with Gasteiger partial charge in [0.2, 0.25) is 11.7 Å². The molecule has 0 saturated carbocycles. The Bertz CT molecular complexity index is 1120. The van der Waals surface area contributed by atoms with Crippen LogP contribution in [-0.4, -0.2) is 31.1 Å². The Morgan fingerprint density at radius 2 is 1.96 bits per heavy atom. The highest BCUT2D eigenvalue weighted by Crippen LogP contribution is 2.25. The summed E-state index contributed by atoms with van der Waals surface area (Å²) in [6, 6.07) is 13.7. The van der Waals surface area contributed by atoms with E-state index in [1.54, 1.807) is 17.5 Å². The fraction of sp³-hybridized carbons (Fsp3) is 0.105. The van der Waals surface area contributed by atoms with Crippen LogP contribution in [0.2, 0.25) is 0 Å². The molecule has 0 saturated heterocycles. The molecule has 140 valence electrons. The number of benzene rings is 2. The molecule has 4 aromatic rings. The van der Waals surface area contributed by atoms with Crippen molar-refractivity contribution in [2.45, 2.75) is 13.5 Å². The zero-order chi connectivity index (χ0) is 19.5.